The fourth-order valence-corrected chi connectivity index (χ4v) is 2.98. The van der Waals surface area contributed by atoms with Gasteiger partial charge in [0.15, 0.2) is 5.96 Å². The van der Waals surface area contributed by atoms with Gasteiger partial charge in [0.05, 0.1) is 0 Å². The molecule has 0 aliphatic carbocycles. The summed E-state index contributed by atoms with van der Waals surface area (Å²) in [6.07, 6.45) is 3.92. The first-order valence-electron chi connectivity index (χ1n) is 8.53. The summed E-state index contributed by atoms with van der Waals surface area (Å²) in [6, 6.07) is 3.62. The summed E-state index contributed by atoms with van der Waals surface area (Å²) in [5.41, 5.74) is 0.639. The molecule has 1 aromatic carbocycles. The van der Waals surface area contributed by atoms with Gasteiger partial charge in [-0.25, -0.2) is 8.78 Å². The number of aliphatic imine (C=N–C) groups is 1. The van der Waals surface area contributed by atoms with Gasteiger partial charge in [0, 0.05) is 46.5 Å². The Labute approximate surface area is 166 Å². The van der Waals surface area contributed by atoms with Gasteiger partial charge in [-0.2, -0.15) is 0 Å². The first-order chi connectivity index (χ1) is 11.6. The van der Waals surface area contributed by atoms with Gasteiger partial charge in [-0.05, 0) is 49.3 Å². The minimum absolute atomic E-state index is 0. The quantitative estimate of drug-likeness (QED) is 0.396. The molecule has 0 atom stereocenters. The van der Waals surface area contributed by atoms with Gasteiger partial charge in [0.1, 0.15) is 11.6 Å². The molecule has 7 heteroatoms. The van der Waals surface area contributed by atoms with Gasteiger partial charge >= 0.3 is 0 Å². The van der Waals surface area contributed by atoms with Crippen LogP contribution in [-0.2, 0) is 11.2 Å². The van der Waals surface area contributed by atoms with Gasteiger partial charge in [-0.15, -0.1) is 24.0 Å². The first kappa shape index (κ1) is 22.1. The number of benzene rings is 1. The van der Waals surface area contributed by atoms with Crippen molar-refractivity contribution in [2.45, 2.75) is 25.7 Å². The normalized spacial score (nSPS) is 15.6. The van der Waals surface area contributed by atoms with E-state index in [4.69, 9.17) is 4.74 Å². The van der Waals surface area contributed by atoms with Gasteiger partial charge < -0.3 is 15.0 Å². The standard InChI is InChI=1S/C18H27F2N3O.HI/c1-21-18(23(2)8-4-14-5-9-24-10-6-14)22-7-3-15-11-16(19)13-17(20)12-15;/h11-14H,3-10H2,1-2H3,(H,21,22);1H. The lowest BCUT2D eigenvalue weighted by Crippen LogP contribution is -2.40. The zero-order valence-corrected chi connectivity index (χ0v) is 17.3. The van der Waals surface area contributed by atoms with Crippen molar-refractivity contribution < 1.29 is 13.5 Å². The lowest BCUT2D eigenvalue weighted by Gasteiger charge is -2.26. The van der Waals surface area contributed by atoms with Crippen LogP contribution in [0.1, 0.15) is 24.8 Å². The van der Waals surface area contributed by atoms with Crippen molar-refractivity contribution in [1.29, 1.82) is 0 Å². The number of halogens is 3. The molecule has 1 fully saturated rings. The van der Waals surface area contributed by atoms with Crippen molar-refractivity contribution in [3.05, 3.63) is 35.4 Å². The molecule has 142 valence electrons. The number of rotatable bonds is 6. The molecule has 4 nitrogen and oxygen atoms in total. The minimum atomic E-state index is -0.539. The van der Waals surface area contributed by atoms with Crippen LogP contribution >= 0.6 is 24.0 Å². The Morgan fingerprint density at radius 1 is 1.24 bits per heavy atom. The highest BCUT2D eigenvalue weighted by Gasteiger charge is 2.15. The van der Waals surface area contributed by atoms with Crippen LogP contribution in [0.15, 0.2) is 23.2 Å². The first-order valence-corrected chi connectivity index (χ1v) is 8.53. The molecule has 0 aromatic heterocycles. The molecule has 0 bridgehead atoms. The van der Waals surface area contributed by atoms with E-state index in [1.54, 1.807) is 7.05 Å². The van der Waals surface area contributed by atoms with Gasteiger partial charge in [-0.1, -0.05) is 0 Å². The molecule has 1 N–H and O–H groups in total. The molecule has 25 heavy (non-hydrogen) atoms. The third-order valence-corrected chi connectivity index (χ3v) is 4.41. The maximum atomic E-state index is 13.2. The highest BCUT2D eigenvalue weighted by molar-refractivity contribution is 14.0. The summed E-state index contributed by atoms with van der Waals surface area (Å²) in [5.74, 6) is 0.444. The number of hydrogen-bond acceptors (Lipinski definition) is 2. The predicted molar refractivity (Wildman–Crippen MR) is 108 cm³/mol. The van der Waals surface area contributed by atoms with Gasteiger partial charge in [0.25, 0.3) is 0 Å². The number of nitrogens with one attached hydrogen (secondary N) is 1. The Kier molecular flexibility index (Phi) is 10.3. The Hall–Kier alpha value is -0.960. The average Bonchev–Trinajstić information content (AvgIpc) is 2.57. The van der Waals surface area contributed by atoms with E-state index in [2.05, 4.69) is 15.2 Å². The maximum Gasteiger partial charge on any atom is 0.193 e. The largest absolute Gasteiger partial charge is 0.381 e. The molecule has 1 aromatic rings. The summed E-state index contributed by atoms with van der Waals surface area (Å²) < 4.78 is 31.8. The molecule has 1 heterocycles. The van der Waals surface area contributed by atoms with E-state index in [9.17, 15) is 8.78 Å². The molecule has 0 radical (unpaired) electrons. The molecule has 2 rings (SSSR count). The smallest absolute Gasteiger partial charge is 0.193 e. The summed E-state index contributed by atoms with van der Waals surface area (Å²) in [5, 5.41) is 3.25. The number of guanidine groups is 1. The fraction of sp³-hybridized carbons (Fsp3) is 0.611. The van der Waals surface area contributed by atoms with Crippen LogP contribution in [0, 0.1) is 17.6 Å². The monoisotopic (exact) mass is 467 g/mol. The van der Waals surface area contributed by atoms with Crippen LogP contribution in [0.4, 0.5) is 8.78 Å². The second-order valence-corrected chi connectivity index (χ2v) is 6.27. The second-order valence-electron chi connectivity index (χ2n) is 6.27. The van der Waals surface area contributed by atoms with Crippen LogP contribution in [0.25, 0.3) is 0 Å². The van der Waals surface area contributed by atoms with Crippen molar-refractivity contribution >= 4 is 29.9 Å². The lowest BCUT2D eigenvalue weighted by atomic mass is 9.96. The molecule has 0 amide bonds. The molecular weight excluding hydrogens is 439 g/mol. The van der Waals surface area contributed by atoms with Crippen molar-refractivity contribution in [1.82, 2.24) is 10.2 Å². The predicted octanol–water partition coefficient (Wildman–Crippen LogP) is 3.45. The van der Waals surface area contributed by atoms with Gasteiger partial charge in [0.2, 0.25) is 0 Å². The summed E-state index contributed by atoms with van der Waals surface area (Å²) in [6.45, 7) is 3.24. The third kappa shape index (κ3) is 7.85. The zero-order valence-electron chi connectivity index (χ0n) is 14.9. The summed E-state index contributed by atoms with van der Waals surface area (Å²) >= 11 is 0. The SMILES string of the molecule is CN=C(NCCc1cc(F)cc(F)c1)N(C)CCC1CCOCC1.I. The van der Waals surface area contributed by atoms with E-state index in [1.165, 1.54) is 12.1 Å². The Balaban J connectivity index is 0.00000312. The fourth-order valence-electron chi connectivity index (χ4n) is 2.98. The lowest BCUT2D eigenvalue weighted by molar-refractivity contribution is 0.0625. The Morgan fingerprint density at radius 2 is 1.88 bits per heavy atom. The van der Waals surface area contributed by atoms with Crippen LogP contribution in [0.3, 0.4) is 0 Å². The van der Waals surface area contributed by atoms with Crippen LogP contribution in [0.5, 0.6) is 0 Å². The van der Waals surface area contributed by atoms with Crippen molar-refractivity contribution in [2.24, 2.45) is 10.9 Å². The molecular formula is C18H28F2IN3O. The van der Waals surface area contributed by atoms with E-state index in [-0.39, 0.29) is 24.0 Å². The molecule has 1 aliphatic rings. The minimum Gasteiger partial charge on any atom is -0.381 e. The van der Waals surface area contributed by atoms with Crippen LogP contribution in [-0.4, -0.2) is 51.3 Å². The molecule has 1 saturated heterocycles. The summed E-state index contributed by atoms with van der Waals surface area (Å²) in [4.78, 5) is 6.38. The van der Waals surface area contributed by atoms with Crippen molar-refractivity contribution in [3.63, 3.8) is 0 Å². The molecule has 1 aliphatic heterocycles. The average molecular weight is 467 g/mol. The van der Waals surface area contributed by atoms with Crippen LogP contribution in [0.2, 0.25) is 0 Å². The second kappa shape index (κ2) is 11.6. The van der Waals surface area contributed by atoms with Crippen molar-refractivity contribution in [2.75, 3.05) is 40.4 Å². The zero-order chi connectivity index (χ0) is 17.4. The maximum absolute atomic E-state index is 13.2. The van der Waals surface area contributed by atoms with E-state index in [0.29, 0.717) is 18.5 Å². The van der Waals surface area contributed by atoms with E-state index < -0.39 is 11.6 Å². The number of hydrogen-bond donors (Lipinski definition) is 1. The number of ether oxygens (including phenoxy) is 1. The Bertz CT molecular complexity index is 531. The topological polar surface area (TPSA) is 36.9 Å². The van der Waals surface area contributed by atoms with Crippen LogP contribution < -0.4 is 5.32 Å². The van der Waals surface area contributed by atoms with E-state index >= 15 is 0 Å². The molecule has 0 saturated carbocycles. The van der Waals surface area contributed by atoms with Crippen molar-refractivity contribution in [3.8, 4) is 0 Å². The molecule has 0 spiro atoms. The third-order valence-electron chi connectivity index (χ3n) is 4.41. The Morgan fingerprint density at radius 3 is 2.48 bits per heavy atom. The van der Waals surface area contributed by atoms with E-state index in [0.717, 1.165) is 57.0 Å². The number of nitrogens with zero attached hydrogens (tertiary/aromatic N) is 2. The summed E-state index contributed by atoms with van der Waals surface area (Å²) in [7, 11) is 3.76. The van der Waals surface area contributed by atoms with E-state index in [1.807, 2.05) is 7.05 Å². The highest BCUT2D eigenvalue weighted by atomic mass is 127. The molecule has 0 unspecified atom stereocenters. The highest BCUT2D eigenvalue weighted by Crippen LogP contribution is 2.18. The van der Waals surface area contributed by atoms with Gasteiger partial charge in [-0.3, -0.25) is 4.99 Å².